The molecule has 0 N–H and O–H groups in total. The average Bonchev–Trinajstić information content (AvgIpc) is 3.08. The highest BCUT2D eigenvalue weighted by Gasteiger charge is 2.48. The Morgan fingerprint density at radius 1 is 1.33 bits per heavy atom. The maximum absolute atomic E-state index is 11.9. The number of amides is 1. The Morgan fingerprint density at radius 2 is 1.89 bits per heavy atom. The molecule has 0 spiro atoms. The molecule has 0 radical (unpaired) electrons. The molecule has 3 heteroatoms. The number of rotatable bonds is 1. The standard InChI is InChI=1S/C15H23NO2/c1-5-15(8-9-15)12-6-10-16(11-7-12)13(17)18-14(2,3)4/h1,12H,6-11H2,2-4H3. The van der Waals surface area contributed by atoms with Crippen molar-refractivity contribution in [2.75, 3.05) is 13.1 Å². The number of terminal acetylenes is 1. The zero-order chi connectivity index (χ0) is 13.4. The topological polar surface area (TPSA) is 29.5 Å². The van der Waals surface area contributed by atoms with Crippen molar-refractivity contribution in [3.05, 3.63) is 0 Å². The van der Waals surface area contributed by atoms with Crippen molar-refractivity contribution in [1.82, 2.24) is 4.90 Å². The maximum Gasteiger partial charge on any atom is 0.410 e. The maximum atomic E-state index is 11.9. The third-order valence-electron chi connectivity index (χ3n) is 4.00. The Kier molecular flexibility index (Phi) is 3.31. The molecule has 1 aliphatic heterocycles. The highest BCUT2D eigenvalue weighted by Crippen LogP contribution is 2.54. The van der Waals surface area contributed by atoms with Gasteiger partial charge in [0.15, 0.2) is 0 Å². The third-order valence-corrected chi connectivity index (χ3v) is 4.00. The summed E-state index contributed by atoms with van der Waals surface area (Å²) in [5, 5.41) is 0. The van der Waals surface area contributed by atoms with Crippen LogP contribution in [0, 0.1) is 23.7 Å². The number of hydrogen-bond donors (Lipinski definition) is 0. The second-order valence-corrected chi connectivity index (χ2v) is 6.54. The lowest BCUT2D eigenvalue weighted by Crippen LogP contribution is -2.43. The van der Waals surface area contributed by atoms with E-state index >= 15 is 0 Å². The predicted molar refractivity (Wildman–Crippen MR) is 71.0 cm³/mol. The molecule has 1 saturated heterocycles. The van der Waals surface area contributed by atoms with E-state index in [1.165, 1.54) is 12.8 Å². The normalized spacial score (nSPS) is 23.3. The second-order valence-electron chi connectivity index (χ2n) is 6.54. The Morgan fingerprint density at radius 3 is 2.28 bits per heavy atom. The molecule has 1 heterocycles. The number of likely N-dealkylation sites (tertiary alicyclic amines) is 1. The van der Waals surface area contributed by atoms with E-state index in [0.29, 0.717) is 5.92 Å². The van der Waals surface area contributed by atoms with Crippen molar-refractivity contribution < 1.29 is 9.53 Å². The van der Waals surface area contributed by atoms with Gasteiger partial charge in [0.2, 0.25) is 0 Å². The van der Waals surface area contributed by atoms with Gasteiger partial charge in [0, 0.05) is 18.5 Å². The van der Waals surface area contributed by atoms with E-state index in [2.05, 4.69) is 5.92 Å². The lowest BCUT2D eigenvalue weighted by Gasteiger charge is -2.35. The summed E-state index contributed by atoms with van der Waals surface area (Å²) >= 11 is 0. The van der Waals surface area contributed by atoms with Crippen molar-refractivity contribution in [3.8, 4) is 12.3 Å². The van der Waals surface area contributed by atoms with Gasteiger partial charge in [-0.3, -0.25) is 0 Å². The van der Waals surface area contributed by atoms with Gasteiger partial charge in [-0.25, -0.2) is 4.79 Å². The minimum absolute atomic E-state index is 0.167. The van der Waals surface area contributed by atoms with E-state index in [1.54, 1.807) is 0 Å². The van der Waals surface area contributed by atoms with Gasteiger partial charge in [0.25, 0.3) is 0 Å². The van der Waals surface area contributed by atoms with Gasteiger partial charge in [-0.2, -0.15) is 0 Å². The molecule has 1 saturated carbocycles. The molecule has 0 bridgehead atoms. The zero-order valence-electron chi connectivity index (χ0n) is 11.7. The highest BCUT2D eigenvalue weighted by atomic mass is 16.6. The largest absolute Gasteiger partial charge is 0.444 e. The predicted octanol–water partition coefficient (Wildman–Crippen LogP) is 3.05. The van der Waals surface area contributed by atoms with Gasteiger partial charge in [0.1, 0.15) is 5.60 Å². The smallest absolute Gasteiger partial charge is 0.410 e. The minimum Gasteiger partial charge on any atom is -0.444 e. The molecule has 2 aliphatic rings. The summed E-state index contributed by atoms with van der Waals surface area (Å²) in [6.07, 6.45) is 9.80. The van der Waals surface area contributed by atoms with E-state index in [1.807, 2.05) is 25.7 Å². The van der Waals surface area contributed by atoms with E-state index in [9.17, 15) is 4.79 Å². The molecular weight excluding hydrogens is 226 g/mol. The van der Waals surface area contributed by atoms with Crippen LogP contribution in [0.1, 0.15) is 46.5 Å². The second kappa shape index (κ2) is 4.50. The van der Waals surface area contributed by atoms with Crippen LogP contribution >= 0.6 is 0 Å². The Bertz CT molecular complexity index is 363. The molecule has 2 rings (SSSR count). The van der Waals surface area contributed by atoms with Crippen LogP contribution < -0.4 is 0 Å². The quantitative estimate of drug-likeness (QED) is 0.668. The SMILES string of the molecule is C#CC1(C2CCN(C(=O)OC(C)(C)C)CC2)CC1. The molecule has 18 heavy (non-hydrogen) atoms. The number of carbonyl (C=O) groups excluding carboxylic acids is 1. The Balaban J connectivity index is 1.84. The molecule has 2 fully saturated rings. The summed E-state index contributed by atoms with van der Waals surface area (Å²) in [7, 11) is 0. The Labute approximate surface area is 110 Å². The van der Waals surface area contributed by atoms with Crippen molar-refractivity contribution in [2.45, 2.75) is 52.1 Å². The molecule has 1 amide bonds. The van der Waals surface area contributed by atoms with Gasteiger partial charge in [-0.1, -0.05) is 5.92 Å². The summed E-state index contributed by atoms with van der Waals surface area (Å²) in [6, 6.07) is 0. The molecule has 0 aromatic carbocycles. The van der Waals surface area contributed by atoms with Crippen LogP contribution in [0.5, 0.6) is 0 Å². The minimum atomic E-state index is -0.412. The molecule has 100 valence electrons. The number of ether oxygens (including phenoxy) is 1. The summed E-state index contributed by atoms with van der Waals surface area (Å²) in [5.41, 5.74) is -0.246. The highest BCUT2D eigenvalue weighted by molar-refractivity contribution is 5.68. The molecule has 3 nitrogen and oxygen atoms in total. The molecule has 0 unspecified atom stereocenters. The van der Waals surface area contributed by atoms with E-state index in [-0.39, 0.29) is 11.5 Å². The first kappa shape index (κ1) is 13.3. The fourth-order valence-corrected chi connectivity index (χ4v) is 2.75. The van der Waals surface area contributed by atoms with E-state index < -0.39 is 5.60 Å². The zero-order valence-corrected chi connectivity index (χ0v) is 11.7. The summed E-state index contributed by atoms with van der Waals surface area (Å²) in [5.74, 6) is 3.57. The van der Waals surface area contributed by atoms with Crippen LogP contribution in [0.2, 0.25) is 0 Å². The number of carbonyl (C=O) groups is 1. The van der Waals surface area contributed by atoms with Crippen LogP contribution in [-0.4, -0.2) is 29.7 Å². The van der Waals surface area contributed by atoms with Crippen LogP contribution in [-0.2, 0) is 4.74 Å². The fraction of sp³-hybridized carbons (Fsp3) is 0.800. The number of hydrogen-bond acceptors (Lipinski definition) is 2. The summed E-state index contributed by atoms with van der Waals surface area (Å²) < 4.78 is 5.39. The Hall–Kier alpha value is -1.17. The lowest BCUT2D eigenvalue weighted by molar-refractivity contribution is 0.0164. The molecule has 0 atom stereocenters. The number of nitrogens with zero attached hydrogens (tertiary/aromatic N) is 1. The number of piperidine rings is 1. The summed E-state index contributed by atoms with van der Waals surface area (Å²) in [4.78, 5) is 13.7. The van der Waals surface area contributed by atoms with Crippen LogP contribution in [0.4, 0.5) is 4.79 Å². The van der Waals surface area contributed by atoms with Crippen molar-refractivity contribution in [3.63, 3.8) is 0 Å². The van der Waals surface area contributed by atoms with Gasteiger partial charge in [-0.15, -0.1) is 6.42 Å². The molecule has 1 aliphatic carbocycles. The van der Waals surface area contributed by atoms with Crippen LogP contribution in [0.15, 0.2) is 0 Å². The van der Waals surface area contributed by atoms with Crippen molar-refractivity contribution in [1.29, 1.82) is 0 Å². The van der Waals surface area contributed by atoms with E-state index in [4.69, 9.17) is 11.2 Å². The van der Waals surface area contributed by atoms with Gasteiger partial charge in [-0.05, 0) is 52.4 Å². The van der Waals surface area contributed by atoms with Crippen molar-refractivity contribution >= 4 is 6.09 Å². The first-order valence-corrected chi connectivity index (χ1v) is 6.82. The van der Waals surface area contributed by atoms with Gasteiger partial charge < -0.3 is 9.64 Å². The van der Waals surface area contributed by atoms with Gasteiger partial charge >= 0.3 is 6.09 Å². The lowest BCUT2D eigenvalue weighted by atomic mass is 9.82. The van der Waals surface area contributed by atoms with Crippen LogP contribution in [0.25, 0.3) is 0 Å². The molecule has 0 aromatic heterocycles. The monoisotopic (exact) mass is 249 g/mol. The van der Waals surface area contributed by atoms with Gasteiger partial charge in [0.05, 0.1) is 0 Å². The molecule has 0 aromatic rings. The van der Waals surface area contributed by atoms with Crippen molar-refractivity contribution in [2.24, 2.45) is 11.3 Å². The first-order valence-electron chi connectivity index (χ1n) is 6.82. The average molecular weight is 249 g/mol. The summed E-state index contributed by atoms with van der Waals surface area (Å²) in [6.45, 7) is 7.26. The van der Waals surface area contributed by atoms with Crippen LogP contribution in [0.3, 0.4) is 0 Å². The fourth-order valence-electron chi connectivity index (χ4n) is 2.75. The third kappa shape index (κ3) is 2.80. The molecular formula is C15H23NO2. The van der Waals surface area contributed by atoms with E-state index in [0.717, 1.165) is 25.9 Å². The first-order chi connectivity index (χ1) is 8.36.